The second kappa shape index (κ2) is 6.76. The van der Waals surface area contributed by atoms with Crippen LogP contribution in [0.4, 0.5) is 0 Å². The van der Waals surface area contributed by atoms with Crippen molar-refractivity contribution in [3.05, 3.63) is 29.8 Å². The smallest absolute Gasteiger partial charge is 0.125 e. The van der Waals surface area contributed by atoms with E-state index in [0.717, 1.165) is 44.0 Å². The number of benzene rings is 1. The standard InChI is InChI=1S/C15H22O3/c1-2-14(16)13-5-3-4-6-15(13)18-11-12-7-9-17-10-8-12/h3-6,12,14,16H,2,7-11H2,1H3/t14-/m1/s1. The van der Waals surface area contributed by atoms with Gasteiger partial charge in [-0.1, -0.05) is 25.1 Å². The molecule has 0 saturated carbocycles. The summed E-state index contributed by atoms with van der Waals surface area (Å²) in [4.78, 5) is 0. The fourth-order valence-electron chi connectivity index (χ4n) is 2.23. The second-order valence-corrected chi connectivity index (χ2v) is 4.83. The third-order valence-electron chi connectivity index (χ3n) is 3.48. The first kappa shape index (κ1) is 13.4. The topological polar surface area (TPSA) is 38.7 Å². The van der Waals surface area contributed by atoms with E-state index >= 15 is 0 Å². The maximum absolute atomic E-state index is 9.95. The Labute approximate surface area is 109 Å². The van der Waals surface area contributed by atoms with Crippen molar-refractivity contribution in [2.45, 2.75) is 32.3 Å². The molecule has 1 aliphatic heterocycles. The van der Waals surface area contributed by atoms with Crippen molar-refractivity contribution in [3.8, 4) is 5.75 Å². The van der Waals surface area contributed by atoms with Crippen molar-refractivity contribution in [2.24, 2.45) is 5.92 Å². The molecule has 1 fully saturated rings. The predicted octanol–water partition coefficient (Wildman–Crippen LogP) is 2.94. The van der Waals surface area contributed by atoms with Gasteiger partial charge >= 0.3 is 0 Å². The molecule has 1 heterocycles. The minimum Gasteiger partial charge on any atom is -0.493 e. The molecule has 0 aliphatic carbocycles. The van der Waals surface area contributed by atoms with Crippen molar-refractivity contribution < 1.29 is 14.6 Å². The van der Waals surface area contributed by atoms with Gasteiger partial charge in [-0.3, -0.25) is 0 Å². The second-order valence-electron chi connectivity index (χ2n) is 4.83. The summed E-state index contributed by atoms with van der Waals surface area (Å²) in [5.74, 6) is 1.39. The van der Waals surface area contributed by atoms with Crippen LogP contribution in [-0.2, 0) is 4.74 Å². The normalized spacial score (nSPS) is 18.6. The number of para-hydroxylation sites is 1. The molecule has 100 valence electrons. The molecule has 3 heteroatoms. The number of hydrogen-bond acceptors (Lipinski definition) is 3. The van der Waals surface area contributed by atoms with Gasteiger partial charge in [-0.25, -0.2) is 0 Å². The number of aliphatic hydroxyl groups excluding tert-OH is 1. The van der Waals surface area contributed by atoms with Gasteiger partial charge in [0.2, 0.25) is 0 Å². The first-order chi connectivity index (χ1) is 8.81. The molecule has 1 aliphatic rings. The molecule has 1 aromatic carbocycles. The molecule has 0 radical (unpaired) electrons. The van der Waals surface area contributed by atoms with Crippen molar-refractivity contribution in [3.63, 3.8) is 0 Å². The molecule has 0 bridgehead atoms. The molecule has 1 N–H and O–H groups in total. The monoisotopic (exact) mass is 250 g/mol. The van der Waals surface area contributed by atoms with Crippen molar-refractivity contribution in [2.75, 3.05) is 19.8 Å². The molecular weight excluding hydrogens is 228 g/mol. The molecule has 1 saturated heterocycles. The van der Waals surface area contributed by atoms with Gasteiger partial charge in [0.1, 0.15) is 5.75 Å². The van der Waals surface area contributed by atoms with Crippen LogP contribution in [0.2, 0.25) is 0 Å². The minimum absolute atomic E-state index is 0.434. The van der Waals surface area contributed by atoms with Crippen LogP contribution in [0.3, 0.4) is 0 Å². The van der Waals surface area contributed by atoms with E-state index in [1.165, 1.54) is 0 Å². The van der Waals surface area contributed by atoms with Gasteiger partial charge in [-0.2, -0.15) is 0 Å². The minimum atomic E-state index is -0.434. The summed E-state index contributed by atoms with van der Waals surface area (Å²) in [5.41, 5.74) is 0.895. The lowest BCUT2D eigenvalue weighted by atomic mass is 10.0. The number of ether oxygens (including phenoxy) is 2. The Morgan fingerprint density at radius 1 is 1.33 bits per heavy atom. The molecule has 0 spiro atoms. The summed E-state index contributed by atoms with van der Waals surface area (Å²) >= 11 is 0. The van der Waals surface area contributed by atoms with E-state index < -0.39 is 6.10 Å². The Balaban J connectivity index is 1.95. The SMILES string of the molecule is CC[C@@H](O)c1ccccc1OCC1CCOCC1. The van der Waals surface area contributed by atoms with Gasteiger partial charge in [0.15, 0.2) is 0 Å². The number of hydrogen-bond donors (Lipinski definition) is 1. The highest BCUT2D eigenvalue weighted by Gasteiger charge is 2.16. The maximum Gasteiger partial charge on any atom is 0.125 e. The maximum atomic E-state index is 9.95. The molecule has 0 unspecified atom stereocenters. The van der Waals surface area contributed by atoms with Gasteiger partial charge in [-0.05, 0) is 31.2 Å². The van der Waals surface area contributed by atoms with Crippen LogP contribution >= 0.6 is 0 Å². The van der Waals surface area contributed by atoms with Gasteiger partial charge in [0.05, 0.1) is 12.7 Å². The van der Waals surface area contributed by atoms with Crippen LogP contribution in [-0.4, -0.2) is 24.9 Å². The molecule has 2 rings (SSSR count). The fraction of sp³-hybridized carbons (Fsp3) is 0.600. The Morgan fingerprint density at radius 2 is 2.06 bits per heavy atom. The van der Waals surface area contributed by atoms with Crippen LogP contribution in [0.5, 0.6) is 5.75 Å². The van der Waals surface area contributed by atoms with Crippen molar-refractivity contribution >= 4 is 0 Å². The Morgan fingerprint density at radius 3 is 2.78 bits per heavy atom. The first-order valence-electron chi connectivity index (χ1n) is 6.78. The van der Waals surface area contributed by atoms with E-state index in [1.807, 2.05) is 31.2 Å². The molecule has 0 aromatic heterocycles. The highest BCUT2D eigenvalue weighted by molar-refractivity contribution is 5.35. The Kier molecular flexibility index (Phi) is 5.02. The zero-order valence-corrected chi connectivity index (χ0v) is 11.0. The summed E-state index contributed by atoms with van der Waals surface area (Å²) in [6.45, 7) is 4.37. The lowest BCUT2D eigenvalue weighted by Crippen LogP contribution is -2.21. The van der Waals surface area contributed by atoms with Gasteiger partial charge in [-0.15, -0.1) is 0 Å². The van der Waals surface area contributed by atoms with Crippen LogP contribution in [0.15, 0.2) is 24.3 Å². The summed E-state index contributed by atoms with van der Waals surface area (Å²) in [7, 11) is 0. The Hall–Kier alpha value is -1.06. The average molecular weight is 250 g/mol. The van der Waals surface area contributed by atoms with E-state index in [2.05, 4.69) is 0 Å². The molecule has 1 atom stereocenters. The largest absolute Gasteiger partial charge is 0.493 e. The lowest BCUT2D eigenvalue weighted by molar-refractivity contribution is 0.0490. The van der Waals surface area contributed by atoms with Crippen molar-refractivity contribution in [1.82, 2.24) is 0 Å². The average Bonchev–Trinajstić information content (AvgIpc) is 2.45. The molecular formula is C15H22O3. The van der Waals surface area contributed by atoms with Gasteiger partial charge < -0.3 is 14.6 Å². The number of aliphatic hydroxyl groups is 1. The molecule has 18 heavy (non-hydrogen) atoms. The van der Waals surface area contributed by atoms with E-state index in [0.29, 0.717) is 12.3 Å². The first-order valence-corrected chi connectivity index (χ1v) is 6.78. The van der Waals surface area contributed by atoms with Crippen LogP contribution in [0, 0.1) is 5.92 Å². The van der Waals surface area contributed by atoms with Crippen LogP contribution in [0.1, 0.15) is 37.9 Å². The quantitative estimate of drug-likeness (QED) is 0.873. The molecule has 3 nitrogen and oxygen atoms in total. The highest BCUT2D eigenvalue weighted by Crippen LogP contribution is 2.28. The van der Waals surface area contributed by atoms with Crippen molar-refractivity contribution in [1.29, 1.82) is 0 Å². The Bertz CT molecular complexity index is 359. The summed E-state index contributed by atoms with van der Waals surface area (Å²) in [6.07, 6.45) is 2.41. The summed E-state index contributed by atoms with van der Waals surface area (Å²) in [6, 6.07) is 7.77. The summed E-state index contributed by atoms with van der Waals surface area (Å²) < 4.78 is 11.2. The van der Waals surface area contributed by atoms with E-state index in [4.69, 9.17) is 9.47 Å². The van der Waals surface area contributed by atoms with Crippen LogP contribution in [0.25, 0.3) is 0 Å². The third-order valence-corrected chi connectivity index (χ3v) is 3.48. The third kappa shape index (κ3) is 3.47. The van der Waals surface area contributed by atoms with E-state index in [1.54, 1.807) is 0 Å². The molecule has 0 amide bonds. The van der Waals surface area contributed by atoms with E-state index in [-0.39, 0.29) is 0 Å². The highest BCUT2D eigenvalue weighted by atomic mass is 16.5. The number of rotatable bonds is 5. The lowest BCUT2D eigenvalue weighted by Gasteiger charge is -2.23. The summed E-state index contributed by atoms with van der Waals surface area (Å²) in [5, 5.41) is 9.95. The zero-order valence-electron chi connectivity index (χ0n) is 11.0. The van der Waals surface area contributed by atoms with E-state index in [9.17, 15) is 5.11 Å². The van der Waals surface area contributed by atoms with Crippen LogP contribution < -0.4 is 4.74 Å². The van der Waals surface area contributed by atoms with Gasteiger partial charge in [0, 0.05) is 18.8 Å². The zero-order chi connectivity index (χ0) is 12.8. The molecule has 1 aromatic rings. The van der Waals surface area contributed by atoms with Gasteiger partial charge in [0.25, 0.3) is 0 Å². The fourth-order valence-corrected chi connectivity index (χ4v) is 2.23. The predicted molar refractivity (Wildman–Crippen MR) is 70.7 cm³/mol.